The van der Waals surface area contributed by atoms with Gasteiger partial charge in [0.25, 0.3) is 0 Å². The number of hydrogen-bond acceptors (Lipinski definition) is 8. The molecule has 5 N–H and O–H groups in total. The Labute approximate surface area is 209 Å². The van der Waals surface area contributed by atoms with E-state index in [1.165, 1.54) is 12.1 Å². The van der Waals surface area contributed by atoms with Gasteiger partial charge in [-0.1, -0.05) is 36.4 Å². The van der Waals surface area contributed by atoms with Crippen LogP contribution in [0.4, 0.5) is 18.9 Å². The molecule has 196 valence electrons. The number of sulfonamides is 1. The summed E-state index contributed by atoms with van der Waals surface area (Å²) in [7, 11) is -3.55. The van der Waals surface area contributed by atoms with Crippen molar-refractivity contribution in [1.82, 2.24) is 10.3 Å². The summed E-state index contributed by atoms with van der Waals surface area (Å²) in [5.41, 5.74) is 1.67. The summed E-state index contributed by atoms with van der Waals surface area (Å²) in [6.07, 6.45) is -2.51. The van der Waals surface area contributed by atoms with E-state index in [0.717, 1.165) is 23.2 Å². The maximum atomic E-state index is 11.5. The average molecular weight is 548 g/mol. The van der Waals surface area contributed by atoms with Crippen LogP contribution >= 0.6 is 11.3 Å². The minimum atomic E-state index is -5.08. The predicted molar refractivity (Wildman–Crippen MR) is 128 cm³/mol. The zero-order valence-electron chi connectivity index (χ0n) is 18.8. The summed E-state index contributed by atoms with van der Waals surface area (Å²) in [5, 5.41) is 33.8. The number of thiazole rings is 1. The number of nitrogens with zero attached hydrogens (tertiary/aromatic N) is 1. The number of aliphatic hydroxyl groups is 1. The number of rotatable bonds is 9. The van der Waals surface area contributed by atoms with Crippen LogP contribution < -0.4 is 10.0 Å². The summed E-state index contributed by atoms with van der Waals surface area (Å²) in [6, 6.07) is 14.3. The van der Waals surface area contributed by atoms with Gasteiger partial charge in [0.15, 0.2) is 0 Å². The first kappa shape index (κ1) is 29.0. The van der Waals surface area contributed by atoms with E-state index in [2.05, 4.69) is 15.0 Å². The number of carboxylic acids is 1. The van der Waals surface area contributed by atoms with Crippen molar-refractivity contribution in [1.29, 1.82) is 0 Å². The number of benzene rings is 2. The van der Waals surface area contributed by atoms with Crippen molar-refractivity contribution in [3.05, 3.63) is 76.2 Å². The molecule has 3 rings (SSSR count). The number of phenols is 1. The molecule has 9 nitrogen and oxygen atoms in total. The van der Waals surface area contributed by atoms with Gasteiger partial charge < -0.3 is 20.6 Å². The normalized spacial score (nSPS) is 13.2. The van der Waals surface area contributed by atoms with Gasteiger partial charge >= 0.3 is 12.1 Å². The summed E-state index contributed by atoms with van der Waals surface area (Å²) < 4.78 is 56.9. The van der Waals surface area contributed by atoms with E-state index in [9.17, 15) is 31.8 Å². The fraction of sp³-hybridized carbons (Fsp3) is 0.273. The highest BCUT2D eigenvalue weighted by molar-refractivity contribution is 7.92. The molecule has 36 heavy (non-hydrogen) atoms. The first-order valence-corrected chi connectivity index (χ1v) is 13.0. The Balaban J connectivity index is 0.000000572. The molecule has 1 aromatic heterocycles. The number of aromatic nitrogens is 1. The second-order valence-electron chi connectivity index (χ2n) is 7.49. The number of anilines is 1. The van der Waals surface area contributed by atoms with Crippen molar-refractivity contribution in [2.75, 3.05) is 17.5 Å². The Morgan fingerprint density at radius 1 is 1.17 bits per heavy atom. The van der Waals surface area contributed by atoms with Crippen molar-refractivity contribution in [2.45, 2.75) is 24.7 Å². The minimum absolute atomic E-state index is 0.0322. The average Bonchev–Trinajstić information content (AvgIpc) is 3.32. The lowest BCUT2D eigenvalue weighted by molar-refractivity contribution is -0.192. The SMILES string of the molecule is CS(=O)(=O)Nc1cc([C@@H](O)CNC(Cc2ccccc2)c2nccs2)ccc1O.O=C(O)C(F)(F)F. The third-order valence-electron chi connectivity index (χ3n) is 4.53. The second-order valence-corrected chi connectivity index (χ2v) is 10.2. The van der Waals surface area contributed by atoms with Crippen molar-refractivity contribution in [3.8, 4) is 5.75 Å². The van der Waals surface area contributed by atoms with Crippen LogP contribution in [0.25, 0.3) is 0 Å². The molecule has 14 heteroatoms. The molecule has 0 bridgehead atoms. The monoisotopic (exact) mass is 547 g/mol. The number of carboxylic acid groups (broad SMARTS) is 1. The number of carbonyl (C=O) groups is 1. The molecule has 0 saturated heterocycles. The van der Waals surface area contributed by atoms with Crippen LogP contribution in [0.1, 0.15) is 28.3 Å². The molecule has 0 spiro atoms. The topological polar surface area (TPSA) is 149 Å². The van der Waals surface area contributed by atoms with E-state index < -0.39 is 28.3 Å². The second kappa shape index (κ2) is 12.7. The van der Waals surface area contributed by atoms with Crippen molar-refractivity contribution in [3.63, 3.8) is 0 Å². The zero-order chi connectivity index (χ0) is 26.9. The van der Waals surface area contributed by atoms with E-state index in [0.29, 0.717) is 5.56 Å². The quantitative estimate of drug-likeness (QED) is 0.256. The Hall–Kier alpha value is -3.20. The fourth-order valence-electron chi connectivity index (χ4n) is 2.92. The number of aromatic hydroxyl groups is 1. The van der Waals surface area contributed by atoms with Gasteiger partial charge in [-0.3, -0.25) is 4.72 Å². The fourth-order valence-corrected chi connectivity index (χ4v) is 4.19. The largest absolute Gasteiger partial charge is 0.506 e. The molecule has 2 aromatic carbocycles. The molecule has 0 aliphatic heterocycles. The standard InChI is InChI=1S/C20H23N3O4S2.C2HF3O2/c1-29(26,27)23-16-12-15(7-8-18(16)24)19(25)13-22-17(20-21-9-10-28-20)11-14-5-3-2-4-6-14;3-2(4,5)1(6)7/h2-10,12,17,19,22-25H,11,13H2,1H3;(H,6,7)/t17?,19-;/m0./s1. The number of nitrogens with one attached hydrogen (secondary N) is 2. The molecule has 2 atom stereocenters. The maximum Gasteiger partial charge on any atom is 0.490 e. The number of aliphatic hydroxyl groups excluding tert-OH is 1. The Morgan fingerprint density at radius 3 is 2.33 bits per heavy atom. The summed E-state index contributed by atoms with van der Waals surface area (Å²) >= 11 is 1.54. The van der Waals surface area contributed by atoms with Crippen LogP contribution in [-0.4, -0.2) is 53.7 Å². The Kier molecular flexibility index (Phi) is 10.2. The van der Waals surface area contributed by atoms with Crippen molar-refractivity contribution < 1.29 is 41.7 Å². The number of aliphatic carboxylic acids is 1. The van der Waals surface area contributed by atoms with Crippen molar-refractivity contribution >= 4 is 33.0 Å². The zero-order valence-corrected chi connectivity index (χ0v) is 20.4. The molecule has 0 aliphatic rings. The van der Waals surface area contributed by atoms with Crippen LogP contribution in [0.2, 0.25) is 0 Å². The highest BCUT2D eigenvalue weighted by Crippen LogP contribution is 2.28. The molecule has 1 unspecified atom stereocenters. The van der Waals surface area contributed by atoms with E-state index in [-0.39, 0.29) is 24.0 Å². The lowest BCUT2D eigenvalue weighted by Gasteiger charge is -2.20. The molecule has 0 aliphatic carbocycles. The number of halogens is 3. The first-order valence-electron chi connectivity index (χ1n) is 10.2. The molecule has 0 saturated carbocycles. The lowest BCUT2D eigenvalue weighted by atomic mass is 10.0. The molecule has 0 radical (unpaired) electrons. The third-order valence-corrected chi connectivity index (χ3v) is 6.01. The van der Waals surface area contributed by atoms with Gasteiger partial charge in [0.1, 0.15) is 10.8 Å². The molecule has 3 aromatic rings. The van der Waals surface area contributed by atoms with Gasteiger partial charge in [-0.25, -0.2) is 18.2 Å². The van der Waals surface area contributed by atoms with E-state index in [4.69, 9.17) is 9.90 Å². The molecule has 1 heterocycles. The number of hydrogen-bond donors (Lipinski definition) is 5. The van der Waals surface area contributed by atoms with Crippen LogP contribution in [0.15, 0.2) is 60.1 Å². The maximum absolute atomic E-state index is 11.5. The van der Waals surface area contributed by atoms with Crippen LogP contribution in [0, 0.1) is 0 Å². The highest BCUT2D eigenvalue weighted by atomic mass is 32.2. The van der Waals surface area contributed by atoms with E-state index in [1.807, 2.05) is 35.7 Å². The van der Waals surface area contributed by atoms with Crippen LogP contribution in [0.5, 0.6) is 5.75 Å². The van der Waals surface area contributed by atoms with Crippen molar-refractivity contribution in [2.24, 2.45) is 0 Å². The number of alkyl halides is 3. The van der Waals surface area contributed by atoms with Gasteiger partial charge in [0, 0.05) is 18.1 Å². The van der Waals surface area contributed by atoms with Gasteiger partial charge in [-0.05, 0) is 29.7 Å². The molecular weight excluding hydrogens is 523 g/mol. The highest BCUT2D eigenvalue weighted by Gasteiger charge is 2.38. The number of phenolic OH excluding ortho intramolecular Hbond substituents is 1. The van der Waals surface area contributed by atoms with E-state index in [1.54, 1.807) is 23.6 Å². The van der Waals surface area contributed by atoms with Gasteiger partial charge in [0.05, 0.1) is 24.1 Å². The molecule has 0 fully saturated rings. The third kappa shape index (κ3) is 9.81. The summed E-state index contributed by atoms with van der Waals surface area (Å²) in [6.45, 7) is 0.236. The Bertz CT molecular complexity index is 1220. The Morgan fingerprint density at radius 2 is 1.81 bits per heavy atom. The predicted octanol–water partition coefficient (Wildman–Crippen LogP) is 3.46. The van der Waals surface area contributed by atoms with Crippen LogP contribution in [0.3, 0.4) is 0 Å². The first-order chi connectivity index (χ1) is 16.8. The summed E-state index contributed by atoms with van der Waals surface area (Å²) in [4.78, 5) is 13.3. The van der Waals surface area contributed by atoms with Gasteiger partial charge in [0.2, 0.25) is 10.0 Å². The smallest absolute Gasteiger partial charge is 0.490 e. The molecule has 0 amide bonds. The lowest BCUT2D eigenvalue weighted by Crippen LogP contribution is -2.28. The summed E-state index contributed by atoms with van der Waals surface area (Å²) in [5.74, 6) is -2.96. The minimum Gasteiger partial charge on any atom is -0.506 e. The van der Waals surface area contributed by atoms with Crippen LogP contribution in [-0.2, 0) is 21.2 Å². The van der Waals surface area contributed by atoms with Gasteiger partial charge in [-0.2, -0.15) is 13.2 Å². The van der Waals surface area contributed by atoms with E-state index >= 15 is 0 Å². The molecular formula is C22H24F3N3O6S2. The van der Waals surface area contributed by atoms with Gasteiger partial charge in [-0.15, -0.1) is 11.3 Å².